The number of carboxylic acids is 1. The van der Waals surface area contributed by atoms with Crippen LogP contribution in [-0.4, -0.2) is 70.3 Å². The number of unbranched alkanes of at least 4 members (excludes halogenated alkanes) is 2. The van der Waals surface area contributed by atoms with Gasteiger partial charge in [-0.25, -0.2) is 4.79 Å². The number of hydrogen-bond donors (Lipinski definition) is 3. The molecule has 1 rings (SSSR count). The zero-order valence-electron chi connectivity index (χ0n) is 24.3. The summed E-state index contributed by atoms with van der Waals surface area (Å²) in [4.78, 5) is 73.5. The van der Waals surface area contributed by atoms with Crippen LogP contribution >= 0.6 is 0 Å². The van der Waals surface area contributed by atoms with Gasteiger partial charge in [0.15, 0.2) is 0 Å². The highest BCUT2D eigenvalue weighted by Crippen LogP contribution is 2.38. The van der Waals surface area contributed by atoms with E-state index in [1.807, 2.05) is 27.7 Å². The van der Waals surface area contributed by atoms with Crippen LogP contribution in [0.15, 0.2) is 12.2 Å². The van der Waals surface area contributed by atoms with Gasteiger partial charge in [-0.05, 0) is 50.9 Å². The lowest BCUT2D eigenvalue weighted by molar-refractivity contribution is -0.158. The van der Waals surface area contributed by atoms with Crippen LogP contribution in [0.3, 0.4) is 0 Å². The van der Waals surface area contributed by atoms with Crippen LogP contribution in [0.25, 0.3) is 0 Å². The minimum atomic E-state index is -1.09. The molecular weight excluding hydrogens is 518 g/mol. The number of rotatable bonds is 16. The topological polar surface area (TPSA) is 159 Å². The van der Waals surface area contributed by atoms with Crippen molar-refractivity contribution in [1.29, 1.82) is 0 Å². The highest BCUT2D eigenvalue weighted by Gasteiger charge is 2.34. The zero-order valence-corrected chi connectivity index (χ0v) is 24.3. The lowest BCUT2D eigenvalue weighted by Crippen LogP contribution is -2.51. The number of nitrogens with zero attached hydrogens (tertiary/aromatic N) is 1. The molecule has 0 aromatic rings. The molecule has 1 unspecified atom stereocenters. The summed E-state index contributed by atoms with van der Waals surface area (Å²) >= 11 is 0. The number of nitrogens with one attached hydrogen (secondary N) is 2. The molecular formula is C29H49N3O8. The van der Waals surface area contributed by atoms with E-state index in [0.717, 1.165) is 4.90 Å². The maximum absolute atomic E-state index is 12.9. The molecule has 0 aromatic carbocycles. The van der Waals surface area contributed by atoms with Gasteiger partial charge in [0.25, 0.3) is 11.8 Å². The number of hydrogen-bond acceptors (Lipinski definition) is 7. The first-order valence-corrected chi connectivity index (χ1v) is 13.3. The summed E-state index contributed by atoms with van der Waals surface area (Å²) in [6, 6.07) is -1.09. The lowest BCUT2D eigenvalue weighted by Gasteiger charge is -2.34. The van der Waals surface area contributed by atoms with E-state index < -0.39 is 40.3 Å². The molecule has 11 nitrogen and oxygen atoms in total. The first-order valence-electron chi connectivity index (χ1n) is 13.3. The standard InChI is InChI=1S/C28H45N3O8.CH4/c1-26(2,3)39-25(38)19(30-21(33)15-27(4,5)18-28(6,7)16-24(36)37)17-29-20(32)11-9-8-10-14-31-22(34)12-13-23(31)35;/h12-13,19H,8-11,14-18H2,1-7H3,(H,29,32)(H,30,33)(H,36,37);1H4. The molecule has 11 heteroatoms. The lowest BCUT2D eigenvalue weighted by atomic mass is 9.72. The molecule has 0 radical (unpaired) electrons. The van der Waals surface area contributed by atoms with E-state index >= 15 is 0 Å². The number of amides is 4. The van der Waals surface area contributed by atoms with Crippen LogP contribution in [0.4, 0.5) is 0 Å². The first-order chi connectivity index (χ1) is 17.8. The summed E-state index contributed by atoms with van der Waals surface area (Å²) < 4.78 is 5.43. The van der Waals surface area contributed by atoms with Crippen molar-refractivity contribution in [3.63, 3.8) is 0 Å². The number of imide groups is 1. The van der Waals surface area contributed by atoms with Crippen molar-refractivity contribution in [1.82, 2.24) is 15.5 Å². The number of carboxylic acid groups (broad SMARTS) is 1. The zero-order chi connectivity index (χ0) is 30.0. The molecule has 0 spiro atoms. The van der Waals surface area contributed by atoms with Crippen molar-refractivity contribution in [2.24, 2.45) is 10.8 Å². The summed E-state index contributed by atoms with van der Waals surface area (Å²) in [6.45, 7) is 12.7. The van der Waals surface area contributed by atoms with E-state index in [1.165, 1.54) is 12.2 Å². The number of aliphatic carboxylic acids is 1. The van der Waals surface area contributed by atoms with Gasteiger partial charge in [0.2, 0.25) is 11.8 Å². The van der Waals surface area contributed by atoms with Gasteiger partial charge in [0.05, 0.1) is 6.42 Å². The van der Waals surface area contributed by atoms with E-state index in [1.54, 1.807) is 20.8 Å². The third-order valence-corrected chi connectivity index (χ3v) is 5.94. The summed E-state index contributed by atoms with van der Waals surface area (Å²) in [5.41, 5.74) is -1.85. The van der Waals surface area contributed by atoms with E-state index in [9.17, 15) is 28.8 Å². The maximum atomic E-state index is 12.9. The first kappa shape index (κ1) is 36.8. The third-order valence-electron chi connectivity index (χ3n) is 5.94. The molecule has 228 valence electrons. The smallest absolute Gasteiger partial charge is 0.331 e. The maximum Gasteiger partial charge on any atom is 0.331 e. The average molecular weight is 568 g/mol. The molecule has 0 bridgehead atoms. The predicted octanol–water partition coefficient (Wildman–Crippen LogP) is 3.36. The Balaban J connectivity index is 0.0000152. The van der Waals surface area contributed by atoms with Crippen molar-refractivity contribution >= 4 is 35.6 Å². The number of carbonyl (C=O) groups excluding carboxylic acids is 5. The van der Waals surface area contributed by atoms with Crippen molar-refractivity contribution in [3.05, 3.63) is 12.2 Å². The Morgan fingerprint density at radius 2 is 1.43 bits per heavy atom. The van der Waals surface area contributed by atoms with Crippen molar-refractivity contribution < 1.29 is 38.6 Å². The van der Waals surface area contributed by atoms with Crippen LogP contribution in [0.5, 0.6) is 0 Å². The molecule has 0 saturated heterocycles. The van der Waals surface area contributed by atoms with Gasteiger partial charge >= 0.3 is 11.9 Å². The molecule has 1 atom stereocenters. The van der Waals surface area contributed by atoms with Gasteiger partial charge in [-0.3, -0.25) is 28.9 Å². The van der Waals surface area contributed by atoms with Crippen molar-refractivity contribution in [2.75, 3.05) is 13.1 Å². The van der Waals surface area contributed by atoms with Crippen molar-refractivity contribution in [2.45, 2.75) is 112 Å². The van der Waals surface area contributed by atoms with Crippen LogP contribution in [0, 0.1) is 10.8 Å². The van der Waals surface area contributed by atoms with Gasteiger partial charge in [-0.2, -0.15) is 0 Å². The summed E-state index contributed by atoms with van der Waals surface area (Å²) in [6.07, 6.45) is 4.88. The molecule has 0 aromatic heterocycles. The van der Waals surface area contributed by atoms with E-state index in [4.69, 9.17) is 9.84 Å². The van der Waals surface area contributed by atoms with Gasteiger partial charge in [-0.15, -0.1) is 0 Å². The Morgan fingerprint density at radius 1 is 0.875 bits per heavy atom. The second kappa shape index (κ2) is 15.5. The molecule has 1 aliphatic rings. The second-order valence-corrected chi connectivity index (χ2v) is 12.7. The van der Waals surface area contributed by atoms with Crippen LogP contribution in [-0.2, 0) is 33.5 Å². The van der Waals surface area contributed by atoms with Gasteiger partial charge < -0.3 is 20.5 Å². The molecule has 0 aliphatic carbocycles. The third kappa shape index (κ3) is 14.8. The van der Waals surface area contributed by atoms with Gasteiger partial charge in [0, 0.05) is 38.1 Å². The minimum Gasteiger partial charge on any atom is -0.481 e. The molecule has 40 heavy (non-hydrogen) atoms. The molecule has 1 aliphatic heterocycles. The Bertz CT molecular complexity index is 945. The fourth-order valence-electron chi connectivity index (χ4n) is 4.76. The largest absolute Gasteiger partial charge is 0.481 e. The summed E-state index contributed by atoms with van der Waals surface area (Å²) in [5, 5.41) is 14.5. The SMILES string of the molecule is C.CC(C)(CC(=O)O)CC(C)(C)CC(=O)NC(CNC(=O)CCCCCN1C(=O)C=CC1=O)C(=O)OC(C)(C)C. The minimum absolute atomic E-state index is 0. The fourth-order valence-corrected chi connectivity index (χ4v) is 4.76. The Hall–Kier alpha value is -3.24. The quantitative estimate of drug-likeness (QED) is 0.145. The molecule has 4 amide bonds. The Kier molecular flexibility index (Phi) is 14.3. The van der Waals surface area contributed by atoms with Gasteiger partial charge in [-0.1, -0.05) is 41.5 Å². The van der Waals surface area contributed by atoms with Crippen LogP contribution < -0.4 is 10.6 Å². The molecule has 0 fully saturated rings. The van der Waals surface area contributed by atoms with E-state index in [2.05, 4.69) is 10.6 Å². The molecule has 1 heterocycles. The number of carbonyl (C=O) groups is 6. The number of esters is 1. The number of ether oxygens (including phenoxy) is 1. The van der Waals surface area contributed by atoms with Gasteiger partial charge in [0.1, 0.15) is 11.6 Å². The molecule has 3 N–H and O–H groups in total. The average Bonchev–Trinajstić information content (AvgIpc) is 3.04. The van der Waals surface area contributed by atoms with Crippen molar-refractivity contribution in [3.8, 4) is 0 Å². The molecule has 0 saturated carbocycles. The van der Waals surface area contributed by atoms with E-state index in [0.29, 0.717) is 32.2 Å². The fraction of sp³-hybridized carbons (Fsp3) is 0.724. The highest BCUT2D eigenvalue weighted by atomic mass is 16.6. The Labute approximate surface area is 238 Å². The summed E-state index contributed by atoms with van der Waals surface area (Å²) in [7, 11) is 0. The Morgan fingerprint density at radius 3 is 1.95 bits per heavy atom. The predicted molar refractivity (Wildman–Crippen MR) is 151 cm³/mol. The monoisotopic (exact) mass is 567 g/mol. The van der Waals surface area contributed by atoms with Crippen LogP contribution in [0.2, 0.25) is 0 Å². The second-order valence-electron chi connectivity index (χ2n) is 12.7. The van der Waals surface area contributed by atoms with E-state index in [-0.39, 0.29) is 51.0 Å². The normalized spacial score (nSPS) is 14.4. The summed E-state index contributed by atoms with van der Waals surface area (Å²) in [5.74, 6) is -2.95. The van der Waals surface area contributed by atoms with Crippen LogP contribution in [0.1, 0.15) is 101 Å². The highest BCUT2D eigenvalue weighted by molar-refractivity contribution is 6.12.